The fourth-order valence-corrected chi connectivity index (χ4v) is 3.98. The lowest BCUT2D eigenvalue weighted by atomic mass is 9.78. The van der Waals surface area contributed by atoms with Gasteiger partial charge in [0.15, 0.2) is 0 Å². The molecule has 2 heterocycles. The van der Waals surface area contributed by atoms with E-state index in [2.05, 4.69) is 20.8 Å². The van der Waals surface area contributed by atoms with Crippen LogP contribution in [0.2, 0.25) is 0 Å². The van der Waals surface area contributed by atoms with E-state index in [1.807, 2.05) is 6.07 Å². The van der Waals surface area contributed by atoms with Gasteiger partial charge in [-0.15, -0.1) is 0 Å². The molecule has 1 saturated carbocycles. The second-order valence-electron chi connectivity index (χ2n) is 7.83. The van der Waals surface area contributed by atoms with Crippen LogP contribution in [0.5, 0.6) is 0 Å². The molecule has 28 heavy (non-hydrogen) atoms. The number of aromatic amines is 1. The van der Waals surface area contributed by atoms with Crippen LogP contribution in [-0.2, 0) is 20.7 Å². The summed E-state index contributed by atoms with van der Waals surface area (Å²) in [5.74, 6) is -0.577. The van der Waals surface area contributed by atoms with Crippen LogP contribution >= 0.6 is 0 Å². The van der Waals surface area contributed by atoms with Crippen LogP contribution in [0.3, 0.4) is 0 Å². The van der Waals surface area contributed by atoms with Crippen molar-refractivity contribution < 1.29 is 24.5 Å². The van der Waals surface area contributed by atoms with Gasteiger partial charge in [0.25, 0.3) is 0 Å². The summed E-state index contributed by atoms with van der Waals surface area (Å²) >= 11 is 0. The van der Waals surface area contributed by atoms with Crippen LogP contribution < -0.4 is 10.6 Å². The molecule has 2 amide bonds. The molecule has 1 aromatic heterocycles. The van der Waals surface area contributed by atoms with Gasteiger partial charge in [-0.25, -0.2) is 0 Å². The number of H-pyrrole nitrogens is 1. The van der Waals surface area contributed by atoms with E-state index in [0.717, 1.165) is 5.69 Å². The highest BCUT2D eigenvalue weighted by Gasteiger charge is 2.42. The number of carbonyl (C=O) groups is 2. The summed E-state index contributed by atoms with van der Waals surface area (Å²) in [6.07, 6.45) is 3.99. The zero-order valence-electron chi connectivity index (χ0n) is 16.0. The molecule has 3 rings (SSSR count). The number of hydrogen-bond acceptors (Lipinski definition) is 6. The molecule has 0 radical (unpaired) electrons. The fourth-order valence-electron chi connectivity index (χ4n) is 3.98. The van der Waals surface area contributed by atoms with Crippen LogP contribution in [0.4, 0.5) is 0 Å². The minimum absolute atomic E-state index is 0.0615. The number of aromatic nitrogens is 2. The Kier molecular flexibility index (Phi) is 7.03. The Bertz CT molecular complexity index is 645. The quantitative estimate of drug-likeness (QED) is 0.423. The van der Waals surface area contributed by atoms with Gasteiger partial charge in [-0.1, -0.05) is 0 Å². The minimum atomic E-state index is -0.864. The third-order valence-electron chi connectivity index (χ3n) is 5.99. The first-order valence-electron chi connectivity index (χ1n) is 9.98. The predicted molar refractivity (Wildman–Crippen MR) is 100 cm³/mol. The maximum atomic E-state index is 12.8. The summed E-state index contributed by atoms with van der Waals surface area (Å²) < 4.78 is 5.30. The second kappa shape index (κ2) is 9.49. The molecule has 0 unspecified atom stereocenters. The molecule has 156 valence electrons. The Balaban J connectivity index is 1.51. The van der Waals surface area contributed by atoms with Crippen molar-refractivity contribution in [2.75, 3.05) is 26.4 Å². The van der Waals surface area contributed by atoms with Gasteiger partial charge in [0.2, 0.25) is 11.8 Å². The van der Waals surface area contributed by atoms with Gasteiger partial charge in [-0.05, 0) is 38.2 Å². The molecule has 0 bridgehead atoms. The number of rotatable bonds is 7. The number of carbonyl (C=O) groups excluding carboxylic acids is 2. The zero-order chi connectivity index (χ0) is 20.0. The molecule has 3 atom stereocenters. The molecule has 1 aliphatic carbocycles. The smallest absolute Gasteiger partial charge is 0.229 e. The highest BCUT2D eigenvalue weighted by Crippen LogP contribution is 2.32. The van der Waals surface area contributed by atoms with E-state index in [-0.39, 0.29) is 24.3 Å². The molecular weight excluding hydrogens is 364 g/mol. The first kappa shape index (κ1) is 20.8. The number of aliphatic hydroxyl groups is 2. The van der Waals surface area contributed by atoms with E-state index in [0.29, 0.717) is 58.3 Å². The topological polar surface area (TPSA) is 137 Å². The van der Waals surface area contributed by atoms with Crippen molar-refractivity contribution in [1.82, 2.24) is 20.8 Å². The van der Waals surface area contributed by atoms with E-state index < -0.39 is 17.6 Å². The van der Waals surface area contributed by atoms with Gasteiger partial charge < -0.3 is 25.6 Å². The van der Waals surface area contributed by atoms with E-state index in [1.165, 1.54) is 0 Å². The molecule has 2 aliphatic rings. The Hall–Kier alpha value is -1.97. The standard InChI is InChI=1S/C19H30N4O5/c24-12-19(5-9-28-10-6-19)18(27)22-15-11-13(1-2-16(15)25)17(26)20-7-3-14-4-8-21-23-14/h4,8,13,15-16,24-25H,1-3,5-7,9-12H2,(H,20,26)(H,21,23)(H,22,27)/t13-,15+,16+/m0/s1. The number of aliphatic hydroxyl groups excluding tert-OH is 2. The lowest BCUT2D eigenvalue weighted by Crippen LogP contribution is -2.55. The van der Waals surface area contributed by atoms with Crippen LogP contribution in [0.15, 0.2) is 12.3 Å². The summed E-state index contributed by atoms with van der Waals surface area (Å²) in [6.45, 7) is 1.12. The first-order valence-corrected chi connectivity index (χ1v) is 9.98. The fraction of sp³-hybridized carbons (Fsp3) is 0.737. The molecule has 1 aliphatic heterocycles. The molecule has 0 aromatic carbocycles. The van der Waals surface area contributed by atoms with Crippen molar-refractivity contribution in [2.45, 2.75) is 50.7 Å². The highest BCUT2D eigenvalue weighted by atomic mass is 16.5. The molecule has 2 fully saturated rings. The van der Waals surface area contributed by atoms with E-state index in [9.17, 15) is 19.8 Å². The molecule has 9 nitrogen and oxygen atoms in total. The third-order valence-corrected chi connectivity index (χ3v) is 5.99. The third kappa shape index (κ3) is 4.89. The van der Waals surface area contributed by atoms with Crippen molar-refractivity contribution >= 4 is 11.8 Å². The van der Waals surface area contributed by atoms with E-state index in [1.54, 1.807) is 6.20 Å². The highest BCUT2D eigenvalue weighted by molar-refractivity contribution is 5.83. The average Bonchev–Trinajstić information content (AvgIpc) is 3.23. The molecule has 1 saturated heterocycles. The van der Waals surface area contributed by atoms with Crippen LogP contribution in [0, 0.1) is 11.3 Å². The molecule has 0 spiro atoms. The summed E-state index contributed by atoms with van der Waals surface area (Å²) in [5, 5.41) is 32.7. The normalized spacial score (nSPS) is 27.1. The minimum Gasteiger partial charge on any atom is -0.395 e. The predicted octanol–water partition coefficient (Wildman–Crippen LogP) is -0.497. The summed E-state index contributed by atoms with van der Waals surface area (Å²) in [5.41, 5.74) is 0.0901. The first-order chi connectivity index (χ1) is 13.5. The van der Waals surface area contributed by atoms with E-state index >= 15 is 0 Å². The molecule has 1 aromatic rings. The van der Waals surface area contributed by atoms with Crippen molar-refractivity contribution in [3.05, 3.63) is 18.0 Å². The van der Waals surface area contributed by atoms with Gasteiger partial charge in [-0.2, -0.15) is 5.10 Å². The van der Waals surface area contributed by atoms with E-state index in [4.69, 9.17) is 4.74 Å². The Morgan fingerprint density at radius 2 is 2.11 bits per heavy atom. The number of nitrogens with zero attached hydrogens (tertiary/aromatic N) is 1. The van der Waals surface area contributed by atoms with Crippen LogP contribution in [0.25, 0.3) is 0 Å². The second-order valence-corrected chi connectivity index (χ2v) is 7.83. The lowest BCUT2D eigenvalue weighted by Gasteiger charge is -2.38. The largest absolute Gasteiger partial charge is 0.395 e. The Morgan fingerprint density at radius 3 is 2.79 bits per heavy atom. The number of nitrogens with one attached hydrogen (secondary N) is 3. The maximum absolute atomic E-state index is 12.8. The zero-order valence-corrected chi connectivity index (χ0v) is 16.0. The molecule has 5 N–H and O–H groups in total. The average molecular weight is 394 g/mol. The number of hydrogen-bond donors (Lipinski definition) is 5. The molecular formula is C19H30N4O5. The van der Waals surface area contributed by atoms with Crippen molar-refractivity contribution in [3.8, 4) is 0 Å². The Morgan fingerprint density at radius 1 is 1.32 bits per heavy atom. The molecule has 9 heteroatoms. The van der Waals surface area contributed by atoms with Gasteiger partial charge in [-0.3, -0.25) is 14.7 Å². The number of ether oxygens (including phenoxy) is 1. The SMILES string of the molecule is O=C(NCCc1ccn[nH]1)[C@H]1CC[C@@H](O)[C@H](NC(=O)C2(CO)CCOCC2)C1. The van der Waals surface area contributed by atoms with Gasteiger partial charge in [0.1, 0.15) is 0 Å². The van der Waals surface area contributed by atoms with Crippen molar-refractivity contribution in [2.24, 2.45) is 11.3 Å². The van der Waals surface area contributed by atoms with Gasteiger partial charge in [0.05, 0.1) is 24.2 Å². The maximum Gasteiger partial charge on any atom is 0.229 e. The van der Waals surface area contributed by atoms with Crippen LogP contribution in [-0.4, -0.2) is 70.7 Å². The summed E-state index contributed by atoms with van der Waals surface area (Å²) in [7, 11) is 0. The van der Waals surface area contributed by atoms with Crippen molar-refractivity contribution in [3.63, 3.8) is 0 Å². The summed E-state index contributed by atoms with van der Waals surface area (Å²) in [4.78, 5) is 25.3. The monoisotopic (exact) mass is 394 g/mol. The summed E-state index contributed by atoms with van der Waals surface area (Å²) in [6, 6.07) is 1.37. The van der Waals surface area contributed by atoms with Gasteiger partial charge in [0, 0.05) is 44.0 Å². The lowest BCUT2D eigenvalue weighted by molar-refractivity contribution is -0.143. The van der Waals surface area contributed by atoms with Crippen LogP contribution in [0.1, 0.15) is 37.8 Å². The Labute approximate surface area is 164 Å². The number of amides is 2. The van der Waals surface area contributed by atoms with Gasteiger partial charge >= 0.3 is 0 Å². The van der Waals surface area contributed by atoms with Crippen molar-refractivity contribution in [1.29, 1.82) is 0 Å².